The maximum Gasteiger partial charge on any atom is 0.249 e. The van der Waals surface area contributed by atoms with E-state index in [0.717, 1.165) is 11.3 Å². The molecule has 1 saturated heterocycles. The van der Waals surface area contributed by atoms with Gasteiger partial charge in [0.25, 0.3) is 0 Å². The molecule has 0 saturated carbocycles. The number of amides is 2. The summed E-state index contributed by atoms with van der Waals surface area (Å²) in [7, 11) is 0. The fourth-order valence-electron chi connectivity index (χ4n) is 2.97. The second kappa shape index (κ2) is 4.59. The lowest BCUT2D eigenvalue weighted by atomic mass is 9.87. The number of carbonyl (C=O) groups is 2. The van der Waals surface area contributed by atoms with Gasteiger partial charge in [0, 0.05) is 24.2 Å². The standard InChI is InChI=1S/C15H18N2O3/c1-15(20)8-9-17(12-5-3-2-4-10(12)15)14(19)11-6-7-13(18)16-11/h2-5,11,20H,6-9H2,1H3,(H,16,18). The van der Waals surface area contributed by atoms with Crippen LogP contribution in [-0.4, -0.2) is 29.5 Å². The van der Waals surface area contributed by atoms with Gasteiger partial charge in [-0.15, -0.1) is 0 Å². The van der Waals surface area contributed by atoms with Gasteiger partial charge in [0.2, 0.25) is 11.8 Å². The molecule has 2 heterocycles. The van der Waals surface area contributed by atoms with E-state index in [2.05, 4.69) is 5.32 Å². The summed E-state index contributed by atoms with van der Waals surface area (Å²) < 4.78 is 0. The molecule has 2 unspecified atom stereocenters. The van der Waals surface area contributed by atoms with Crippen molar-refractivity contribution in [2.24, 2.45) is 0 Å². The zero-order valence-corrected chi connectivity index (χ0v) is 11.4. The number of nitrogens with one attached hydrogen (secondary N) is 1. The first kappa shape index (κ1) is 13.1. The van der Waals surface area contributed by atoms with Crippen LogP contribution in [0.2, 0.25) is 0 Å². The van der Waals surface area contributed by atoms with E-state index >= 15 is 0 Å². The average Bonchev–Trinajstić information content (AvgIpc) is 2.85. The molecule has 20 heavy (non-hydrogen) atoms. The highest BCUT2D eigenvalue weighted by atomic mass is 16.3. The zero-order chi connectivity index (χ0) is 14.3. The van der Waals surface area contributed by atoms with Crippen molar-refractivity contribution in [1.29, 1.82) is 0 Å². The Balaban J connectivity index is 1.92. The first-order valence-electron chi connectivity index (χ1n) is 6.92. The van der Waals surface area contributed by atoms with E-state index < -0.39 is 11.6 Å². The Kier molecular flexibility index (Phi) is 3.01. The van der Waals surface area contributed by atoms with E-state index in [0.29, 0.717) is 25.8 Å². The SMILES string of the molecule is CC1(O)CCN(C(=O)C2CCC(=O)N2)c2ccccc21. The lowest BCUT2D eigenvalue weighted by Gasteiger charge is -2.38. The van der Waals surface area contributed by atoms with Gasteiger partial charge in [-0.1, -0.05) is 18.2 Å². The van der Waals surface area contributed by atoms with Gasteiger partial charge in [-0.3, -0.25) is 9.59 Å². The molecule has 0 aliphatic carbocycles. The summed E-state index contributed by atoms with van der Waals surface area (Å²) in [5.74, 6) is -0.153. The molecule has 2 N–H and O–H groups in total. The normalized spacial score (nSPS) is 29.0. The average molecular weight is 274 g/mol. The molecular formula is C15H18N2O3. The fourth-order valence-corrected chi connectivity index (χ4v) is 2.97. The third-order valence-electron chi connectivity index (χ3n) is 4.16. The maximum absolute atomic E-state index is 12.5. The van der Waals surface area contributed by atoms with Crippen molar-refractivity contribution in [2.45, 2.75) is 37.8 Å². The highest BCUT2D eigenvalue weighted by Crippen LogP contribution is 2.38. The van der Waals surface area contributed by atoms with E-state index in [1.165, 1.54) is 0 Å². The maximum atomic E-state index is 12.5. The largest absolute Gasteiger partial charge is 0.385 e. The molecule has 1 aromatic carbocycles. The zero-order valence-electron chi connectivity index (χ0n) is 11.4. The van der Waals surface area contributed by atoms with Gasteiger partial charge in [0.15, 0.2) is 0 Å². The number of hydrogen-bond acceptors (Lipinski definition) is 3. The van der Waals surface area contributed by atoms with Crippen molar-refractivity contribution in [1.82, 2.24) is 5.32 Å². The van der Waals surface area contributed by atoms with Crippen molar-refractivity contribution < 1.29 is 14.7 Å². The summed E-state index contributed by atoms with van der Waals surface area (Å²) in [4.78, 5) is 25.5. The second-order valence-corrected chi connectivity index (χ2v) is 5.69. The van der Waals surface area contributed by atoms with Crippen LogP contribution in [0.5, 0.6) is 0 Å². The number of nitrogens with zero attached hydrogens (tertiary/aromatic N) is 1. The van der Waals surface area contributed by atoms with E-state index in [-0.39, 0.29) is 11.8 Å². The molecule has 1 fully saturated rings. The van der Waals surface area contributed by atoms with Crippen LogP contribution in [0.4, 0.5) is 5.69 Å². The molecule has 1 aromatic rings. The molecule has 2 aliphatic rings. The highest BCUT2D eigenvalue weighted by Gasteiger charge is 2.38. The molecule has 2 aliphatic heterocycles. The summed E-state index contributed by atoms with van der Waals surface area (Å²) in [5, 5.41) is 13.1. The number of fused-ring (bicyclic) bond motifs is 1. The Morgan fingerprint density at radius 1 is 1.45 bits per heavy atom. The van der Waals surface area contributed by atoms with Crippen molar-refractivity contribution >= 4 is 17.5 Å². The molecule has 5 heteroatoms. The van der Waals surface area contributed by atoms with Crippen LogP contribution in [0, 0.1) is 0 Å². The van der Waals surface area contributed by atoms with Gasteiger partial charge in [0.05, 0.1) is 5.60 Å². The van der Waals surface area contributed by atoms with Gasteiger partial charge < -0.3 is 15.3 Å². The first-order valence-corrected chi connectivity index (χ1v) is 6.92. The van der Waals surface area contributed by atoms with E-state index in [1.54, 1.807) is 11.8 Å². The van der Waals surface area contributed by atoms with Gasteiger partial charge in [-0.05, 0) is 25.8 Å². The predicted molar refractivity (Wildman–Crippen MR) is 74.1 cm³/mol. The Labute approximate surface area is 117 Å². The molecule has 2 atom stereocenters. The van der Waals surface area contributed by atoms with Crippen LogP contribution in [0.15, 0.2) is 24.3 Å². The second-order valence-electron chi connectivity index (χ2n) is 5.69. The monoisotopic (exact) mass is 274 g/mol. The topological polar surface area (TPSA) is 69.6 Å². The van der Waals surface area contributed by atoms with E-state index in [4.69, 9.17) is 0 Å². The Morgan fingerprint density at radius 2 is 2.20 bits per heavy atom. The summed E-state index contributed by atoms with van der Waals surface area (Å²) >= 11 is 0. The smallest absolute Gasteiger partial charge is 0.249 e. The minimum Gasteiger partial charge on any atom is -0.385 e. The number of hydrogen-bond donors (Lipinski definition) is 2. The van der Waals surface area contributed by atoms with Crippen molar-refractivity contribution in [3.63, 3.8) is 0 Å². The van der Waals surface area contributed by atoms with Gasteiger partial charge in [0.1, 0.15) is 6.04 Å². The number of carbonyl (C=O) groups excluding carboxylic acids is 2. The fraction of sp³-hybridized carbons (Fsp3) is 0.467. The van der Waals surface area contributed by atoms with Gasteiger partial charge in [-0.25, -0.2) is 0 Å². The molecule has 0 aromatic heterocycles. The third-order valence-corrected chi connectivity index (χ3v) is 4.16. The molecule has 3 rings (SSSR count). The minimum atomic E-state index is -0.910. The van der Waals surface area contributed by atoms with E-state index in [1.807, 2.05) is 24.3 Å². The van der Waals surface area contributed by atoms with Crippen LogP contribution in [-0.2, 0) is 15.2 Å². The number of anilines is 1. The summed E-state index contributed by atoms with van der Waals surface area (Å²) in [5.41, 5.74) is 0.602. The lowest BCUT2D eigenvalue weighted by Crippen LogP contribution is -2.49. The molecule has 0 radical (unpaired) electrons. The van der Waals surface area contributed by atoms with Crippen LogP contribution >= 0.6 is 0 Å². The number of benzene rings is 1. The number of rotatable bonds is 1. The Bertz CT molecular complexity index is 568. The van der Waals surface area contributed by atoms with Crippen molar-refractivity contribution in [2.75, 3.05) is 11.4 Å². The quantitative estimate of drug-likeness (QED) is 0.799. The van der Waals surface area contributed by atoms with Crippen LogP contribution in [0.3, 0.4) is 0 Å². The summed E-state index contributed by atoms with van der Waals surface area (Å²) in [6, 6.07) is 6.98. The first-order chi connectivity index (χ1) is 9.49. The molecule has 0 spiro atoms. The number of para-hydroxylation sites is 1. The summed E-state index contributed by atoms with van der Waals surface area (Å²) in [6.45, 7) is 2.24. The number of aliphatic hydroxyl groups is 1. The molecule has 0 bridgehead atoms. The minimum absolute atomic E-state index is 0.0689. The Morgan fingerprint density at radius 3 is 2.90 bits per heavy atom. The Hall–Kier alpha value is -1.88. The summed E-state index contributed by atoms with van der Waals surface area (Å²) in [6.07, 6.45) is 1.45. The van der Waals surface area contributed by atoms with Crippen molar-refractivity contribution in [3.05, 3.63) is 29.8 Å². The van der Waals surface area contributed by atoms with Crippen LogP contribution < -0.4 is 10.2 Å². The molecule has 5 nitrogen and oxygen atoms in total. The predicted octanol–water partition coefficient (Wildman–Crippen LogP) is 0.909. The van der Waals surface area contributed by atoms with Crippen molar-refractivity contribution in [3.8, 4) is 0 Å². The molecule has 2 amide bonds. The van der Waals surface area contributed by atoms with Gasteiger partial charge in [-0.2, -0.15) is 0 Å². The highest BCUT2D eigenvalue weighted by molar-refractivity contribution is 6.01. The lowest BCUT2D eigenvalue weighted by molar-refractivity contribution is -0.124. The van der Waals surface area contributed by atoms with E-state index in [9.17, 15) is 14.7 Å². The van der Waals surface area contributed by atoms with Gasteiger partial charge >= 0.3 is 0 Å². The van der Waals surface area contributed by atoms with Crippen LogP contribution in [0.1, 0.15) is 31.7 Å². The van der Waals surface area contributed by atoms with Crippen LogP contribution in [0.25, 0.3) is 0 Å². The third kappa shape index (κ3) is 2.08. The molecular weight excluding hydrogens is 256 g/mol. The molecule has 106 valence electrons.